The minimum Gasteiger partial charge on any atom is -0.381 e. The number of carbonyl (C=O) groups excluding carboxylic acids is 1. The van der Waals surface area contributed by atoms with Crippen molar-refractivity contribution in [2.24, 2.45) is 11.1 Å². The molecule has 1 aromatic rings. The highest BCUT2D eigenvalue weighted by Gasteiger charge is 2.63. The van der Waals surface area contributed by atoms with E-state index < -0.39 is 11.0 Å². The number of halogens is 1. The Morgan fingerprint density at radius 2 is 2.00 bits per heavy atom. The van der Waals surface area contributed by atoms with Gasteiger partial charge in [0.1, 0.15) is 5.54 Å². The summed E-state index contributed by atoms with van der Waals surface area (Å²) >= 11 is 6.50. The molecule has 0 radical (unpaired) electrons. The third-order valence-electron chi connectivity index (χ3n) is 6.72. The Balaban J connectivity index is 1.75. The molecular weight excluding hydrogens is 364 g/mol. The molecule has 2 unspecified atom stereocenters. The number of hydrogen-bond acceptors (Lipinski definition) is 4. The summed E-state index contributed by atoms with van der Waals surface area (Å²) in [5.74, 6) is -0.110. The Morgan fingerprint density at radius 1 is 1.33 bits per heavy atom. The maximum absolute atomic E-state index is 13.1. The second-order valence-electron chi connectivity index (χ2n) is 8.40. The first-order valence-electron chi connectivity index (χ1n) is 9.78. The molecule has 150 valence electrons. The number of nitrogens with one attached hydrogen (secondary N) is 1. The highest BCUT2D eigenvalue weighted by Crippen LogP contribution is 2.50. The predicted octanol–water partition coefficient (Wildman–Crippen LogP) is 3.04. The van der Waals surface area contributed by atoms with Crippen LogP contribution in [0.15, 0.2) is 24.3 Å². The summed E-state index contributed by atoms with van der Waals surface area (Å²) in [7, 11) is 0. The topological polar surface area (TPSA) is 73.6 Å². The summed E-state index contributed by atoms with van der Waals surface area (Å²) in [5.41, 5.74) is 6.05. The molecule has 1 aliphatic heterocycles. The summed E-state index contributed by atoms with van der Waals surface area (Å²) in [5, 5.41) is 3.88. The fourth-order valence-corrected chi connectivity index (χ4v) is 4.76. The Kier molecular flexibility index (Phi) is 5.88. The Morgan fingerprint density at radius 3 is 2.59 bits per heavy atom. The zero-order chi connectivity index (χ0) is 19.7. The lowest BCUT2D eigenvalue weighted by Crippen LogP contribution is -2.76. The summed E-state index contributed by atoms with van der Waals surface area (Å²) < 4.78 is 11.3. The van der Waals surface area contributed by atoms with Gasteiger partial charge in [-0.2, -0.15) is 0 Å². The molecule has 0 bridgehead atoms. The molecule has 6 heteroatoms. The average molecular weight is 395 g/mol. The minimum absolute atomic E-state index is 0.0128. The van der Waals surface area contributed by atoms with E-state index >= 15 is 0 Å². The van der Waals surface area contributed by atoms with Crippen molar-refractivity contribution >= 4 is 17.5 Å². The smallest absolute Gasteiger partial charge is 0.240 e. The molecule has 27 heavy (non-hydrogen) atoms. The van der Waals surface area contributed by atoms with Crippen LogP contribution in [0.25, 0.3) is 0 Å². The largest absolute Gasteiger partial charge is 0.381 e. The van der Waals surface area contributed by atoms with Crippen LogP contribution in [-0.2, 0) is 19.7 Å². The fraction of sp³-hybridized carbons (Fsp3) is 0.667. The van der Waals surface area contributed by atoms with Gasteiger partial charge < -0.3 is 20.5 Å². The van der Waals surface area contributed by atoms with E-state index in [4.69, 9.17) is 26.8 Å². The van der Waals surface area contributed by atoms with Crippen molar-refractivity contribution in [1.29, 1.82) is 0 Å². The van der Waals surface area contributed by atoms with Crippen LogP contribution in [0.3, 0.4) is 0 Å². The van der Waals surface area contributed by atoms with Crippen LogP contribution in [0.5, 0.6) is 0 Å². The SMILES string of the molecule is CCOC1CC(N)(C(=O)NCC2(c3ccccc3Cl)CCOCC2)C1(C)C. The molecule has 0 aromatic heterocycles. The van der Waals surface area contributed by atoms with Crippen LogP contribution in [0.1, 0.15) is 45.6 Å². The van der Waals surface area contributed by atoms with E-state index in [0.717, 1.165) is 23.4 Å². The summed E-state index contributed by atoms with van der Waals surface area (Å²) in [6.45, 7) is 8.43. The van der Waals surface area contributed by atoms with E-state index in [1.165, 1.54) is 0 Å². The number of benzene rings is 1. The van der Waals surface area contributed by atoms with E-state index in [9.17, 15) is 4.79 Å². The van der Waals surface area contributed by atoms with E-state index in [1.54, 1.807) is 0 Å². The van der Waals surface area contributed by atoms with Gasteiger partial charge in [0, 0.05) is 48.6 Å². The minimum atomic E-state index is -0.917. The molecule has 1 saturated heterocycles. The lowest BCUT2D eigenvalue weighted by molar-refractivity contribution is -0.171. The molecule has 0 spiro atoms. The number of hydrogen-bond donors (Lipinski definition) is 2. The van der Waals surface area contributed by atoms with E-state index in [2.05, 4.69) is 11.4 Å². The van der Waals surface area contributed by atoms with Gasteiger partial charge in [0.2, 0.25) is 5.91 Å². The summed E-state index contributed by atoms with van der Waals surface area (Å²) in [6, 6.07) is 7.88. The zero-order valence-corrected chi connectivity index (χ0v) is 17.3. The van der Waals surface area contributed by atoms with Gasteiger partial charge >= 0.3 is 0 Å². The second-order valence-corrected chi connectivity index (χ2v) is 8.80. The second kappa shape index (κ2) is 7.70. The van der Waals surface area contributed by atoms with Crippen LogP contribution >= 0.6 is 11.6 Å². The van der Waals surface area contributed by atoms with Gasteiger partial charge in [-0.25, -0.2) is 0 Å². The van der Waals surface area contributed by atoms with Gasteiger partial charge in [-0.15, -0.1) is 0 Å². The molecule has 5 nitrogen and oxygen atoms in total. The lowest BCUT2D eigenvalue weighted by atomic mass is 9.54. The normalized spacial score (nSPS) is 29.0. The van der Waals surface area contributed by atoms with Crippen LogP contribution in [-0.4, -0.2) is 43.9 Å². The molecule has 1 aliphatic carbocycles. The molecule has 2 fully saturated rings. The maximum atomic E-state index is 13.1. The van der Waals surface area contributed by atoms with Crippen molar-refractivity contribution < 1.29 is 14.3 Å². The summed E-state index contributed by atoms with van der Waals surface area (Å²) in [4.78, 5) is 13.1. The van der Waals surface area contributed by atoms with Crippen molar-refractivity contribution in [3.8, 4) is 0 Å². The van der Waals surface area contributed by atoms with Gasteiger partial charge in [0.05, 0.1) is 6.10 Å². The maximum Gasteiger partial charge on any atom is 0.240 e. The number of rotatable bonds is 6. The number of amides is 1. The molecule has 3 N–H and O–H groups in total. The fourth-order valence-electron chi connectivity index (χ4n) is 4.42. The van der Waals surface area contributed by atoms with Crippen LogP contribution in [0, 0.1) is 5.41 Å². The number of ether oxygens (including phenoxy) is 2. The first-order chi connectivity index (χ1) is 12.8. The standard InChI is InChI=1S/C21H31ClN2O3/c1-4-27-17-13-21(23,19(17,2)3)18(25)24-14-20(9-11-26-12-10-20)15-7-5-6-8-16(15)22/h5-8,17H,4,9-14,23H2,1-3H3,(H,24,25). The van der Waals surface area contributed by atoms with Crippen molar-refractivity contribution in [3.63, 3.8) is 0 Å². The molecule has 1 aromatic carbocycles. The molecule has 1 heterocycles. The average Bonchev–Trinajstić information content (AvgIpc) is 2.66. The Bertz CT molecular complexity index is 688. The molecule has 2 atom stereocenters. The Labute approximate surface area is 166 Å². The van der Waals surface area contributed by atoms with Crippen molar-refractivity contribution in [1.82, 2.24) is 5.32 Å². The van der Waals surface area contributed by atoms with Crippen LogP contribution in [0.4, 0.5) is 0 Å². The van der Waals surface area contributed by atoms with Gasteiger partial charge in [-0.1, -0.05) is 43.6 Å². The molecule has 2 aliphatic rings. The zero-order valence-electron chi connectivity index (χ0n) is 16.5. The first kappa shape index (κ1) is 20.6. The lowest BCUT2D eigenvalue weighted by Gasteiger charge is -2.57. The number of nitrogens with two attached hydrogens (primary N) is 1. The molecule has 3 rings (SSSR count). The van der Waals surface area contributed by atoms with Crippen LogP contribution < -0.4 is 11.1 Å². The molecule has 1 amide bonds. The van der Waals surface area contributed by atoms with Crippen molar-refractivity contribution in [3.05, 3.63) is 34.9 Å². The third kappa shape index (κ3) is 3.51. The van der Waals surface area contributed by atoms with Gasteiger partial charge in [0.15, 0.2) is 0 Å². The predicted molar refractivity (Wildman–Crippen MR) is 107 cm³/mol. The van der Waals surface area contributed by atoms with Crippen molar-refractivity contribution in [2.45, 2.75) is 57.1 Å². The van der Waals surface area contributed by atoms with Gasteiger partial charge in [-0.3, -0.25) is 4.79 Å². The highest BCUT2D eigenvalue weighted by molar-refractivity contribution is 6.31. The Hall–Kier alpha value is -1.14. The third-order valence-corrected chi connectivity index (χ3v) is 7.05. The van der Waals surface area contributed by atoms with Crippen molar-refractivity contribution in [2.75, 3.05) is 26.4 Å². The van der Waals surface area contributed by atoms with E-state index in [0.29, 0.717) is 32.8 Å². The quantitative estimate of drug-likeness (QED) is 0.777. The first-order valence-corrected chi connectivity index (χ1v) is 10.2. The molecule has 1 saturated carbocycles. The summed E-state index contributed by atoms with van der Waals surface area (Å²) in [6.07, 6.45) is 2.19. The number of carbonyl (C=O) groups is 1. The van der Waals surface area contributed by atoms with Crippen LogP contribution in [0.2, 0.25) is 5.02 Å². The van der Waals surface area contributed by atoms with E-state index in [1.807, 2.05) is 39.0 Å². The highest BCUT2D eigenvalue weighted by atomic mass is 35.5. The van der Waals surface area contributed by atoms with Gasteiger partial charge in [-0.05, 0) is 31.4 Å². The molecular formula is C21H31ClN2O3. The monoisotopic (exact) mass is 394 g/mol. The van der Waals surface area contributed by atoms with E-state index in [-0.39, 0.29) is 17.4 Å². The van der Waals surface area contributed by atoms with Gasteiger partial charge in [0.25, 0.3) is 0 Å².